The van der Waals surface area contributed by atoms with Gasteiger partial charge >= 0.3 is 0 Å². The molecule has 2 nitrogen and oxygen atoms in total. The quantitative estimate of drug-likeness (QED) is 0.630. The first kappa shape index (κ1) is 12.3. The Hall–Kier alpha value is -0.800. The SMILES string of the molecule is CSc1ccc(C(=O)CC(C)(C)N)cc1. The number of carbonyl (C=O) groups excluding carboxylic acids is 1. The molecule has 0 aliphatic carbocycles. The lowest BCUT2D eigenvalue weighted by molar-refractivity contribution is 0.0960. The van der Waals surface area contributed by atoms with Crippen molar-refractivity contribution in [3.05, 3.63) is 29.8 Å². The van der Waals surface area contributed by atoms with Crippen LogP contribution in [0, 0.1) is 0 Å². The van der Waals surface area contributed by atoms with Gasteiger partial charge in [-0.1, -0.05) is 12.1 Å². The maximum Gasteiger partial charge on any atom is 0.164 e. The first-order valence-corrected chi connectivity index (χ1v) is 6.11. The number of thioether (sulfide) groups is 1. The summed E-state index contributed by atoms with van der Waals surface area (Å²) in [5.41, 5.74) is 6.11. The Morgan fingerprint density at radius 1 is 1.33 bits per heavy atom. The molecule has 0 heterocycles. The third-order valence-electron chi connectivity index (χ3n) is 2.03. The molecule has 1 aromatic carbocycles. The number of hydrogen-bond donors (Lipinski definition) is 1. The fraction of sp³-hybridized carbons (Fsp3) is 0.417. The van der Waals surface area contributed by atoms with Crippen LogP contribution >= 0.6 is 11.8 Å². The van der Waals surface area contributed by atoms with Crippen LogP contribution in [-0.2, 0) is 0 Å². The molecule has 0 amide bonds. The van der Waals surface area contributed by atoms with Crippen molar-refractivity contribution in [2.24, 2.45) is 5.73 Å². The Morgan fingerprint density at radius 3 is 2.27 bits per heavy atom. The van der Waals surface area contributed by atoms with Gasteiger partial charge in [0, 0.05) is 22.4 Å². The van der Waals surface area contributed by atoms with Gasteiger partial charge in [-0.05, 0) is 32.2 Å². The van der Waals surface area contributed by atoms with Crippen LogP contribution in [-0.4, -0.2) is 17.6 Å². The van der Waals surface area contributed by atoms with Crippen LogP contribution in [0.25, 0.3) is 0 Å². The smallest absolute Gasteiger partial charge is 0.164 e. The highest BCUT2D eigenvalue weighted by Gasteiger charge is 2.17. The first-order valence-electron chi connectivity index (χ1n) is 4.88. The number of ketones is 1. The van der Waals surface area contributed by atoms with Crippen LogP contribution in [0.3, 0.4) is 0 Å². The van der Waals surface area contributed by atoms with Gasteiger partial charge in [0.2, 0.25) is 0 Å². The van der Waals surface area contributed by atoms with Crippen LogP contribution in [0.15, 0.2) is 29.2 Å². The van der Waals surface area contributed by atoms with Crippen molar-refractivity contribution in [2.45, 2.75) is 30.7 Å². The van der Waals surface area contributed by atoms with Gasteiger partial charge in [-0.3, -0.25) is 4.79 Å². The molecule has 0 aliphatic rings. The summed E-state index contributed by atoms with van der Waals surface area (Å²) >= 11 is 1.67. The van der Waals surface area contributed by atoms with Gasteiger partial charge in [0.05, 0.1) is 0 Å². The summed E-state index contributed by atoms with van der Waals surface area (Å²) in [6.07, 6.45) is 2.39. The molecular weight excluding hydrogens is 206 g/mol. The molecule has 0 spiro atoms. The van der Waals surface area contributed by atoms with E-state index in [4.69, 9.17) is 5.73 Å². The van der Waals surface area contributed by atoms with Gasteiger partial charge < -0.3 is 5.73 Å². The second kappa shape index (κ2) is 4.81. The van der Waals surface area contributed by atoms with Gasteiger partial charge in [0.15, 0.2) is 5.78 Å². The van der Waals surface area contributed by atoms with E-state index >= 15 is 0 Å². The lowest BCUT2D eigenvalue weighted by Crippen LogP contribution is -2.34. The van der Waals surface area contributed by atoms with Crippen LogP contribution < -0.4 is 5.73 Å². The molecule has 0 radical (unpaired) electrons. The highest BCUT2D eigenvalue weighted by Crippen LogP contribution is 2.17. The minimum atomic E-state index is -0.435. The van der Waals surface area contributed by atoms with Crippen LogP contribution in [0.2, 0.25) is 0 Å². The third kappa shape index (κ3) is 4.06. The van der Waals surface area contributed by atoms with E-state index in [-0.39, 0.29) is 5.78 Å². The average Bonchev–Trinajstić information content (AvgIpc) is 2.15. The van der Waals surface area contributed by atoms with E-state index in [0.717, 1.165) is 5.56 Å². The predicted molar refractivity (Wildman–Crippen MR) is 65.4 cm³/mol. The molecule has 82 valence electrons. The van der Waals surface area contributed by atoms with Gasteiger partial charge in [-0.15, -0.1) is 11.8 Å². The van der Waals surface area contributed by atoms with Crippen LogP contribution in [0.1, 0.15) is 30.6 Å². The molecule has 0 fully saturated rings. The number of Topliss-reactive ketones (excluding diaryl/α,β-unsaturated/α-hetero) is 1. The Labute approximate surface area is 95.2 Å². The minimum absolute atomic E-state index is 0.107. The van der Waals surface area contributed by atoms with Crippen molar-refractivity contribution in [3.63, 3.8) is 0 Å². The number of hydrogen-bond acceptors (Lipinski definition) is 3. The standard InChI is InChI=1S/C12H17NOS/c1-12(2,13)8-11(14)9-4-6-10(15-3)7-5-9/h4-7H,8,13H2,1-3H3. The Bertz CT molecular complexity index is 338. The van der Waals surface area contributed by atoms with E-state index < -0.39 is 5.54 Å². The van der Waals surface area contributed by atoms with Crippen LogP contribution in [0.4, 0.5) is 0 Å². The number of benzene rings is 1. The number of carbonyl (C=O) groups is 1. The molecule has 1 aromatic rings. The predicted octanol–water partition coefficient (Wildman–Crippen LogP) is 2.72. The Morgan fingerprint density at radius 2 is 1.87 bits per heavy atom. The summed E-state index contributed by atoms with van der Waals surface area (Å²) in [6.45, 7) is 3.72. The molecule has 0 aromatic heterocycles. The zero-order valence-electron chi connectivity index (χ0n) is 9.41. The lowest BCUT2D eigenvalue weighted by atomic mass is 9.95. The molecule has 0 aliphatic heterocycles. The summed E-state index contributed by atoms with van der Waals surface area (Å²) in [7, 11) is 0. The van der Waals surface area contributed by atoms with E-state index in [0.29, 0.717) is 6.42 Å². The summed E-state index contributed by atoms with van der Waals surface area (Å²) < 4.78 is 0. The van der Waals surface area contributed by atoms with E-state index in [9.17, 15) is 4.79 Å². The summed E-state index contributed by atoms with van der Waals surface area (Å²) in [5, 5.41) is 0. The number of rotatable bonds is 4. The Kier molecular flexibility index (Phi) is 3.94. The maximum absolute atomic E-state index is 11.8. The van der Waals surface area contributed by atoms with E-state index in [1.54, 1.807) is 11.8 Å². The normalized spacial score (nSPS) is 11.5. The monoisotopic (exact) mass is 223 g/mol. The summed E-state index contributed by atoms with van der Waals surface area (Å²) in [6, 6.07) is 7.64. The van der Waals surface area contributed by atoms with E-state index in [1.165, 1.54) is 4.90 Å². The van der Waals surface area contributed by atoms with Crippen molar-refractivity contribution in [2.75, 3.05) is 6.26 Å². The molecule has 3 heteroatoms. The van der Waals surface area contributed by atoms with Gasteiger partial charge in [0.25, 0.3) is 0 Å². The summed E-state index contributed by atoms with van der Waals surface area (Å²) in [5.74, 6) is 0.107. The highest BCUT2D eigenvalue weighted by molar-refractivity contribution is 7.98. The van der Waals surface area contributed by atoms with Gasteiger partial charge in [-0.2, -0.15) is 0 Å². The van der Waals surface area contributed by atoms with Crippen molar-refractivity contribution < 1.29 is 4.79 Å². The van der Waals surface area contributed by atoms with Crippen molar-refractivity contribution in [1.82, 2.24) is 0 Å². The molecule has 0 unspecified atom stereocenters. The molecule has 0 atom stereocenters. The zero-order valence-corrected chi connectivity index (χ0v) is 10.2. The van der Waals surface area contributed by atoms with Gasteiger partial charge in [0.1, 0.15) is 0 Å². The second-order valence-corrected chi connectivity index (χ2v) is 5.20. The van der Waals surface area contributed by atoms with E-state index in [1.807, 2.05) is 44.4 Å². The fourth-order valence-electron chi connectivity index (χ4n) is 1.29. The molecule has 15 heavy (non-hydrogen) atoms. The van der Waals surface area contributed by atoms with Crippen molar-refractivity contribution in [1.29, 1.82) is 0 Å². The van der Waals surface area contributed by atoms with Crippen LogP contribution in [0.5, 0.6) is 0 Å². The van der Waals surface area contributed by atoms with Crippen molar-refractivity contribution in [3.8, 4) is 0 Å². The molecule has 2 N–H and O–H groups in total. The molecule has 0 saturated carbocycles. The average molecular weight is 223 g/mol. The zero-order chi connectivity index (χ0) is 11.5. The largest absolute Gasteiger partial charge is 0.325 e. The highest BCUT2D eigenvalue weighted by atomic mass is 32.2. The molecule has 1 rings (SSSR count). The van der Waals surface area contributed by atoms with Crippen molar-refractivity contribution >= 4 is 17.5 Å². The number of nitrogens with two attached hydrogens (primary N) is 1. The topological polar surface area (TPSA) is 43.1 Å². The van der Waals surface area contributed by atoms with E-state index in [2.05, 4.69) is 0 Å². The molecular formula is C12H17NOS. The lowest BCUT2D eigenvalue weighted by Gasteiger charge is -2.16. The third-order valence-corrected chi connectivity index (χ3v) is 2.77. The first-order chi connectivity index (χ1) is 6.92. The Balaban J connectivity index is 2.75. The molecule has 0 bridgehead atoms. The molecule has 0 saturated heterocycles. The fourth-order valence-corrected chi connectivity index (χ4v) is 1.70. The van der Waals surface area contributed by atoms with Gasteiger partial charge in [-0.25, -0.2) is 0 Å². The maximum atomic E-state index is 11.8. The minimum Gasteiger partial charge on any atom is -0.325 e. The second-order valence-electron chi connectivity index (χ2n) is 4.32. The summed E-state index contributed by atoms with van der Waals surface area (Å²) in [4.78, 5) is 12.9.